The van der Waals surface area contributed by atoms with E-state index in [1.807, 2.05) is 12.4 Å². The molecule has 0 saturated carbocycles. The fourth-order valence-electron chi connectivity index (χ4n) is 2.57. The van der Waals surface area contributed by atoms with Crippen LogP contribution in [0.25, 0.3) is 0 Å². The van der Waals surface area contributed by atoms with Crippen molar-refractivity contribution >= 4 is 0 Å². The van der Waals surface area contributed by atoms with Crippen molar-refractivity contribution in [2.45, 2.75) is 51.8 Å². The molecule has 0 amide bonds. The van der Waals surface area contributed by atoms with Crippen LogP contribution in [0.5, 0.6) is 0 Å². The van der Waals surface area contributed by atoms with E-state index >= 15 is 0 Å². The van der Waals surface area contributed by atoms with E-state index in [9.17, 15) is 0 Å². The van der Waals surface area contributed by atoms with Crippen LogP contribution in [0.4, 0.5) is 0 Å². The van der Waals surface area contributed by atoms with E-state index in [1.54, 1.807) is 0 Å². The third kappa shape index (κ3) is 2.87. The van der Waals surface area contributed by atoms with Crippen molar-refractivity contribution in [1.82, 2.24) is 9.55 Å². The average molecular weight is 237 g/mol. The van der Waals surface area contributed by atoms with E-state index < -0.39 is 0 Å². The first-order valence-corrected chi connectivity index (χ1v) is 6.59. The Labute approximate surface area is 103 Å². The third-order valence-electron chi connectivity index (χ3n) is 3.55. The van der Waals surface area contributed by atoms with Gasteiger partial charge in [-0.1, -0.05) is 13.8 Å². The van der Waals surface area contributed by atoms with Gasteiger partial charge in [-0.25, -0.2) is 4.98 Å². The Morgan fingerprint density at radius 2 is 2.47 bits per heavy atom. The molecule has 3 atom stereocenters. The fourth-order valence-corrected chi connectivity index (χ4v) is 2.57. The van der Waals surface area contributed by atoms with Gasteiger partial charge in [0.15, 0.2) is 0 Å². The van der Waals surface area contributed by atoms with Gasteiger partial charge in [0.1, 0.15) is 5.82 Å². The quantitative estimate of drug-likeness (QED) is 0.846. The van der Waals surface area contributed by atoms with Crippen LogP contribution in [0, 0.1) is 5.92 Å². The van der Waals surface area contributed by atoms with E-state index in [1.165, 1.54) is 0 Å². The van der Waals surface area contributed by atoms with Crippen LogP contribution in [-0.2, 0) is 17.7 Å². The second-order valence-electron chi connectivity index (χ2n) is 5.01. The molecule has 2 N–H and O–H groups in total. The maximum absolute atomic E-state index is 6.25. The summed E-state index contributed by atoms with van der Waals surface area (Å²) in [4.78, 5) is 4.40. The summed E-state index contributed by atoms with van der Waals surface area (Å²) in [5.41, 5.74) is 6.25. The smallest absolute Gasteiger partial charge is 0.110 e. The number of hydrogen-bond donors (Lipinski definition) is 1. The number of imidazole rings is 1. The molecule has 1 fully saturated rings. The average Bonchev–Trinajstić information content (AvgIpc) is 2.89. The molecular formula is C13H23N3O. The standard InChI is InChI=1S/C13H23N3O/c1-3-6-16-7-5-15-12(16)9-11(14)13-10(2)4-8-17-13/h5,7,10-11,13H,3-4,6,8-9,14H2,1-2H3. The predicted octanol–water partition coefficient (Wildman–Crippen LogP) is 1.59. The van der Waals surface area contributed by atoms with E-state index in [0.717, 1.165) is 38.2 Å². The Kier molecular flexibility index (Phi) is 4.18. The molecule has 2 rings (SSSR count). The molecule has 1 aliphatic heterocycles. The highest BCUT2D eigenvalue weighted by molar-refractivity contribution is 4.98. The molecule has 1 aromatic rings. The SMILES string of the molecule is CCCn1ccnc1CC(N)C1OCCC1C. The van der Waals surface area contributed by atoms with Gasteiger partial charge in [0.05, 0.1) is 6.10 Å². The van der Waals surface area contributed by atoms with Crippen LogP contribution in [0.3, 0.4) is 0 Å². The Bertz CT molecular complexity index is 350. The molecule has 0 aliphatic carbocycles. The van der Waals surface area contributed by atoms with Crippen molar-refractivity contribution in [2.75, 3.05) is 6.61 Å². The molecule has 96 valence electrons. The molecular weight excluding hydrogens is 214 g/mol. The summed E-state index contributed by atoms with van der Waals surface area (Å²) in [6.45, 7) is 6.26. The molecule has 17 heavy (non-hydrogen) atoms. The summed E-state index contributed by atoms with van der Waals surface area (Å²) in [5.74, 6) is 1.65. The van der Waals surface area contributed by atoms with Gasteiger partial charge in [0, 0.05) is 38.0 Å². The van der Waals surface area contributed by atoms with Crippen molar-refractivity contribution in [3.63, 3.8) is 0 Å². The number of hydrogen-bond acceptors (Lipinski definition) is 3. The number of rotatable bonds is 5. The normalized spacial score (nSPS) is 26.3. The highest BCUT2D eigenvalue weighted by Crippen LogP contribution is 2.23. The van der Waals surface area contributed by atoms with Crippen molar-refractivity contribution < 1.29 is 4.74 Å². The highest BCUT2D eigenvalue weighted by Gasteiger charge is 2.30. The van der Waals surface area contributed by atoms with Crippen molar-refractivity contribution in [2.24, 2.45) is 11.7 Å². The van der Waals surface area contributed by atoms with Crippen LogP contribution in [0.2, 0.25) is 0 Å². The van der Waals surface area contributed by atoms with Gasteiger partial charge in [-0.15, -0.1) is 0 Å². The molecule has 4 heteroatoms. The molecule has 3 unspecified atom stereocenters. The highest BCUT2D eigenvalue weighted by atomic mass is 16.5. The first-order chi connectivity index (χ1) is 8.22. The summed E-state index contributed by atoms with van der Waals surface area (Å²) in [6.07, 6.45) is 7.14. The zero-order valence-electron chi connectivity index (χ0n) is 10.8. The van der Waals surface area contributed by atoms with Gasteiger partial charge in [0.25, 0.3) is 0 Å². The lowest BCUT2D eigenvalue weighted by atomic mass is 9.96. The molecule has 0 radical (unpaired) electrons. The summed E-state index contributed by atoms with van der Waals surface area (Å²) in [7, 11) is 0. The molecule has 0 bridgehead atoms. The van der Waals surface area contributed by atoms with Gasteiger partial charge in [-0.2, -0.15) is 0 Å². The second kappa shape index (κ2) is 5.65. The number of aryl methyl sites for hydroxylation is 1. The zero-order chi connectivity index (χ0) is 12.3. The topological polar surface area (TPSA) is 53.1 Å². The summed E-state index contributed by atoms with van der Waals surface area (Å²) < 4.78 is 7.91. The number of nitrogens with zero attached hydrogens (tertiary/aromatic N) is 2. The van der Waals surface area contributed by atoms with Crippen LogP contribution in [0.1, 0.15) is 32.5 Å². The van der Waals surface area contributed by atoms with Crippen molar-refractivity contribution in [1.29, 1.82) is 0 Å². The molecule has 0 spiro atoms. The van der Waals surface area contributed by atoms with Crippen molar-refractivity contribution in [3.05, 3.63) is 18.2 Å². The first-order valence-electron chi connectivity index (χ1n) is 6.59. The first kappa shape index (κ1) is 12.6. The van der Waals surface area contributed by atoms with Gasteiger partial charge in [-0.05, 0) is 18.8 Å². The fraction of sp³-hybridized carbons (Fsp3) is 0.769. The minimum atomic E-state index is 0.0607. The van der Waals surface area contributed by atoms with Gasteiger partial charge in [-0.3, -0.25) is 0 Å². The Morgan fingerprint density at radius 1 is 1.65 bits per heavy atom. The maximum atomic E-state index is 6.25. The molecule has 4 nitrogen and oxygen atoms in total. The Hall–Kier alpha value is -0.870. The van der Waals surface area contributed by atoms with Crippen molar-refractivity contribution in [3.8, 4) is 0 Å². The Balaban J connectivity index is 1.97. The lowest BCUT2D eigenvalue weighted by Gasteiger charge is -2.22. The third-order valence-corrected chi connectivity index (χ3v) is 3.55. The second-order valence-corrected chi connectivity index (χ2v) is 5.01. The van der Waals surface area contributed by atoms with E-state index in [-0.39, 0.29) is 12.1 Å². The van der Waals surface area contributed by atoms with Crippen LogP contribution in [-0.4, -0.2) is 28.3 Å². The number of nitrogens with two attached hydrogens (primary N) is 1. The minimum absolute atomic E-state index is 0.0607. The zero-order valence-corrected chi connectivity index (χ0v) is 10.8. The minimum Gasteiger partial charge on any atom is -0.376 e. The monoisotopic (exact) mass is 237 g/mol. The van der Waals surface area contributed by atoms with Crippen LogP contribution >= 0.6 is 0 Å². The van der Waals surface area contributed by atoms with E-state index in [0.29, 0.717) is 5.92 Å². The lowest BCUT2D eigenvalue weighted by Crippen LogP contribution is -2.40. The van der Waals surface area contributed by atoms with Crippen LogP contribution in [0.15, 0.2) is 12.4 Å². The van der Waals surface area contributed by atoms with Crippen LogP contribution < -0.4 is 5.73 Å². The molecule has 1 saturated heterocycles. The number of aromatic nitrogens is 2. The van der Waals surface area contributed by atoms with Gasteiger partial charge < -0.3 is 15.0 Å². The largest absolute Gasteiger partial charge is 0.376 e. The number of ether oxygens (including phenoxy) is 1. The van der Waals surface area contributed by atoms with Gasteiger partial charge in [0.2, 0.25) is 0 Å². The summed E-state index contributed by atoms with van der Waals surface area (Å²) in [6, 6.07) is 0.0607. The van der Waals surface area contributed by atoms with Gasteiger partial charge >= 0.3 is 0 Å². The van der Waals surface area contributed by atoms with E-state index in [4.69, 9.17) is 10.5 Å². The predicted molar refractivity (Wildman–Crippen MR) is 67.7 cm³/mol. The molecule has 2 heterocycles. The molecule has 0 aromatic carbocycles. The summed E-state index contributed by atoms with van der Waals surface area (Å²) in [5, 5.41) is 0. The summed E-state index contributed by atoms with van der Waals surface area (Å²) >= 11 is 0. The molecule has 1 aliphatic rings. The lowest BCUT2D eigenvalue weighted by molar-refractivity contribution is 0.0718. The maximum Gasteiger partial charge on any atom is 0.110 e. The van der Waals surface area contributed by atoms with E-state index in [2.05, 4.69) is 23.4 Å². The Morgan fingerprint density at radius 3 is 3.12 bits per heavy atom. The molecule has 1 aromatic heterocycles.